The zero-order valence-corrected chi connectivity index (χ0v) is 20.7. The van der Waals surface area contributed by atoms with Crippen LogP contribution in [0, 0.1) is 0 Å². The van der Waals surface area contributed by atoms with Gasteiger partial charge in [-0.25, -0.2) is 0 Å². The van der Waals surface area contributed by atoms with Crippen molar-refractivity contribution in [2.45, 2.75) is 18.5 Å². The minimum absolute atomic E-state index is 0.0996. The summed E-state index contributed by atoms with van der Waals surface area (Å²) in [6, 6.07) is 27.5. The summed E-state index contributed by atoms with van der Waals surface area (Å²) in [6.07, 6.45) is 1.55. The number of thioether (sulfide) groups is 1. The Hall–Kier alpha value is -4.30. The predicted molar refractivity (Wildman–Crippen MR) is 143 cm³/mol. The molecule has 186 valence electrons. The molecule has 0 radical (unpaired) electrons. The Morgan fingerprint density at radius 3 is 2.41 bits per heavy atom. The molecule has 1 aliphatic rings. The average Bonchev–Trinajstić information content (AvgIpc) is 3.58. The van der Waals surface area contributed by atoms with Crippen LogP contribution < -0.4 is 10.6 Å². The fraction of sp³-hybridized carbons (Fsp3) is 0.138. The number of para-hydroxylation sites is 1. The molecule has 2 N–H and O–H groups in total. The minimum atomic E-state index is -0.325. The molecule has 3 aromatic carbocycles. The summed E-state index contributed by atoms with van der Waals surface area (Å²) >= 11 is 1.58. The lowest BCUT2D eigenvalue weighted by Gasteiger charge is -2.24. The maximum Gasteiger partial charge on any atom is 0.255 e. The molecule has 1 atom stereocenters. The lowest BCUT2D eigenvalue weighted by molar-refractivity contribution is -0.128. The van der Waals surface area contributed by atoms with E-state index in [1.807, 2.05) is 47.4 Å². The Morgan fingerprint density at radius 2 is 1.65 bits per heavy atom. The van der Waals surface area contributed by atoms with E-state index in [4.69, 9.17) is 4.42 Å². The molecule has 8 heteroatoms. The van der Waals surface area contributed by atoms with Gasteiger partial charge in [0, 0.05) is 12.1 Å². The largest absolute Gasteiger partial charge is 0.467 e. The van der Waals surface area contributed by atoms with Crippen molar-refractivity contribution >= 4 is 35.2 Å². The van der Waals surface area contributed by atoms with Crippen LogP contribution in [-0.2, 0) is 17.9 Å². The summed E-state index contributed by atoms with van der Waals surface area (Å²) in [5.41, 5.74) is 3.27. The van der Waals surface area contributed by atoms with Crippen molar-refractivity contribution in [3.63, 3.8) is 0 Å². The van der Waals surface area contributed by atoms with E-state index in [0.29, 0.717) is 34.9 Å². The van der Waals surface area contributed by atoms with Gasteiger partial charge in [-0.3, -0.25) is 14.4 Å². The molecule has 1 unspecified atom stereocenters. The first-order valence-corrected chi connectivity index (χ1v) is 12.9. The average molecular weight is 512 g/mol. The van der Waals surface area contributed by atoms with Gasteiger partial charge in [-0.05, 0) is 47.5 Å². The SMILES string of the molecule is O=C(Nc1ccccc1C(=O)NCc1ccco1)c1ccc(C2SCC(=O)N2Cc2ccccc2)cc1. The quantitative estimate of drug-likeness (QED) is 0.338. The van der Waals surface area contributed by atoms with Crippen molar-refractivity contribution in [3.8, 4) is 0 Å². The van der Waals surface area contributed by atoms with Crippen LogP contribution in [0.2, 0.25) is 0 Å². The molecule has 1 aliphatic heterocycles. The van der Waals surface area contributed by atoms with Crippen LogP contribution in [0.3, 0.4) is 0 Å². The van der Waals surface area contributed by atoms with Crippen LogP contribution in [-0.4, -0.2) is 28.4 Å². The van der Waals surface area contributed by atoms with Gasteiger partial charge in [0.1, 0.15) is 11.1 Å². The van der Waals surface area contributed by atoms with Crippen LogP contribution in [0.1, 0.15) is 43.0 Å². The number of hydrogen-bond donors (Lipinski definition) is 2. The van der Waals surface area contributed by atoms with E-state index >= 15 is 0 Å². The van der Waals surface area contributed by atoms with E-state index in [-0.39, 0.29) is 29.6 Å². The Bertz CT molecular complexity index is 1390. The zero-order chi connectivity index (χ0) is 25.6. The maximum atomic E-state index is 13.0. The van der Waals surface area contributed by atoms with Crippen LogP contribution in [0.15, 0.2) is 102 Å². The van der Waals surface area contributed by atoms with Crippen LogP contribution >= 0.6 is 11.8 Å². The summed E-state index contributed by atoms with van der Waals surface area (Å²) < 4.78 is 5.25. The number of hydrogen-bond acceptors (Lipinski definition) is 5. The number of benzene rings is 3. The molecule has 4 aromatic rings. The lowest BCUT2D eigenvalue weighted by Crippen LogP contribution is -2.27. The maximum absolute atomic E-state index is 13.0. The van der Waals surface area contributed by atoms with E-state index in [2.05, 4.69) is 10.6 Å². The predicted octanol–water partition coefficient (Wildman–Crippen LogP) is 5.24. The molecule has 3 amide bonds. The third-order valence-electron chi connectivity index (χ3n) is 6.05. The number of furan rings is 1. The van der Waals surface area contributed by atoms with Gasteiger partial charge < -0.3 is 20.0 Å². The Morgan fingerprint density at radius 1 is 0.892 bits per heavy atom. The summed E-state index contributed by atoms with van der Waals surface area (Å²) in [5.74, 6) is 0.527. The van der Waals surface area contributed by atoms with Crippen molar-refractivity contribution in [1.29, 1.82) is 0 Å². The topological polar surface area (TPSA) is 91.6 Å². The van der Waals surface area contributed by atoms with Crippen molar-refractivity contribution in [2.24, 2.45) is 0 Å². The van der Waals surface area contributed by atoms with Gasteiger partial charge >= 0.3 is 0 Å². The second-order valence-corrected chi connectivity index (χ2v) is 9.62. The van der Waals surface area contributed by atoms with Crippen LogP contribution in [0.5, 0.6) is 0 Å². The van der Waals surface area contributed by atoms with Crippen LogP contribution in [0.4, 0.5) is 5.69 Å². The fourth-order valence-corrected chi connectivity index (χ4v) is 5.33. The highest BCUT2D eigenvalue weighted by atomic mass is 32.2. The molecule has 1 aromatic heterocycles. The molecule has 2 heterocycles. The highest BCUT2D eigenvalue weighted by Gasteiger charge is 2.32. The van der Waals surface area contributed by atoms with Crippen molar-refractivity contribution in [2.75, 3.05) is 11.1 Å². The van der Waals surface area contributed by atoms with E-state index in [0.717, 1.165) is 11.1 Å². The minimum Gasteiger partial charge on any atom is -0.467 e. The fourth-order valence-electron chi connectivity index (χ4n) is 4.14. The zero-order valence-electron chi connectivity index (χ0n) is 19.9. The van der Waals surface area contributed by atoms with Gasteiger partial charge in [-0.15, -0.1) is 11.8 Å². The second-order valence-electron chi connectivity index (χ2n) is 8.55. The molecule has 1 saturated heterocycles. The van der Waals surface area contributed by atoms with Gasteiger partial charge in [-0.1, -0.05) is 54.6 Å². The number of anilines is 1. The Kier molecular flexibility index (Phi) is 7.37. The molecule has 5 rings (SSSR count). The Balaban J connectivity index is 1.26. The standard InChI is InChI=1S/C29H25N3O4S/c33-26-19-37-29(32(26)18-20-7-2-1-3-8-20)22-14-12-21(13-15-22)27(34)31-25-11-5-4-10-24(25)28(35)30-17-23-9-6-16-36-23/h1-16,29H,17-19H2,(H,30,35)(H,31,34). The Labute approximate surface area is 218 Å². The number of carbonyl (C=O) groups is 3. The van der Waals surface area contributed by atoms with E-state index in [1.165, 1.54) is 0 Å². The van der Waals surface area contributed by atoms with Gasteiger partial charge in [0.15, 0.2) is 0 Å². The molecule has 0 spiro atoms. The second kappa shape index (κ2) is 11.2. The monoisotopic (exact) mass is 511 g/mol. The van der Waals surface area contributed by atoms with E-state index < -0.39 is 0 Å². The molecule has 1 fully saturated rings. The number of nitrogens with zero attached hydrogens (tertiary/aromatic N) is 1. The van der Waals surface area contributed by atoms with E-state index in [9.17, 15) is 14.4 Å². The summed E-state index contributed by atoms with van der Waals surface area (Å²) in [7, 11) is 0. The highest BCUT2D eigenvalue weighted by Crippen LogP contribution is 2.39. The first-order chi connectivity index (χ1) is 18.1. The number of rotatable bonds is 8. The van der Waals surface area contributed by atoms with Crippen molar-refractivity contribution < 1.29 is 18.8 Å². The molecular weight excluding hydrogens is 486 g/mol. The van der Waals surface area contributed by atoms with Crippen LogP contribution in [0.25, 0.3) is 0 Å². The highest BCUT2D eigenvalue weighted by molar-refractivity contribution is 8.00. The summed E-state index contributed by atoms with van der Waals surface area (Å²) in [5, 5.41) is 5.54. The lowest BCUT2D eigenvalue weighted by atomic mass is 10.1. The van der Waals surface area contributed by atoms with Gasteiger partial charge in [0.2, 0.25) is 5.91 Å². The third-order valence-corrected chi connectivity index (χ3v) is 7.30. The molecule has 37 heavy (non-hydrogen) atoms. The smallest absolute Gasteiger partial charge is 0.255 e. The molecule has 0 bridgehead atoms. The number of nitrogens with one attached hydrogen (secondary N) is 2. The number of amides is 3. The van der Waals surface area contributed by atoms with E-state index in [1.54, 1.807) is 66.6 Å². The normalized spacial score (nSPS) is 15.0. The number of carbonyl (C=O) groups excluding carboxylic acids is 3. The summed E-state index contributed by atoms with van der Waals surface area (Å²) in [6.45, 7) is 0.789. The van der Waals surface area contributed by atoms with Gasteiger partial charge in [0.05, 0.1) is 29.8 Å². The molecule has 7 nitrogen and oxygen atoms in total. The molecular formula is C29H25N3O4S. The first-order valence-electron chi connectivity index (χ1n) is 11.8. The molecule has 0 saturated carbocycles. The summed E-state index contributed by atoms with van der Waals surface area (Å²) in [4.78, 5) is 40.1. The molecule has 0 aliphatic carbocycles. The van der Waals surface area contributed by atoms with Crippen molar-refractivity contribution in [1.82, 2.24) is 10.2 Å². The van der Waals surface area contributed by atoms with Gasteiger partial charge in [0.25, 0.3) is 11.8 Å². The van der Waals surface area contributed by atoms with Gasteiger partial charge in [-0.2, -0.15) is 0 Å². The first kappa shape index (κ1) is 24.4. The third kappa shape index (κ3) is 5.76. The van der Waals surface area contributed by atoms with Crippen molar-refractivity contribution in [3.05, 3.63) is 125 Å².